The molecule has 0 aromatic heterocycles. The standard InChI is InChI=1S/C17H19BrClNS/c1-2-20-16(10-13-6-8-14(18)9-7-13)12-21-17-5-3-4-15(19)11-17/h3-9,11,16,20H,2,10,12H2,1H3. The second-order valence-corrected chi connectivity index (χ2v) is 7.30. The molecular weight excluding hydrogens is 366 g/mol. The Labute approximate surface area is 144 Å². The number of likely N-dealkylation sites (N-methyl/N-ethyl adjacent to an activating group) is 1. The number of rotatable bonds is 7. The first-order valence-electron chi connectivity index (χ1n) is 7.03. The van der Waals surface area contributed by atoms with Gasteiger partial charge in [0.25, 0.3) is 0 Å². The SMILES string of the molecule is CCNC(CSc1cccc(Cl)c1)Cc1ccc(Br)cc1. The van der Waals surface area contributed by atoms with Gasteiger partial charge in [0, 0.05) is 26.2 Å². The van der Waals surface area contributed by atoms with E-state index in [0.29, 0.717) is 6.04 Å². The molecule has 0 aliphatic heterocycles. The maximum absolute atomic E-state index is 6.03. The third kappa shape index (κ3) is 6.03. The van der Waals surface area contributed by atoms with Crippen molar-refractivity contribution in [3.8, 4) is 0 Å². The fourth-order valence-corrected chi connectivity index (χ4v) is 3.67. The molecule has 21 heavy (non-hydrogen) atoms. The molecule has 0 radical (unpaired) electrons. The summed E-state index contributed by atoms with van der Waals surface area (Å²) in [7, 11) is 0. The van der Waals surface area contributed by atoms with Crippen molar-refractivity contribution in [2.45, 2.75) is 24.3 Å². The van der Waals surface area contributed by atoms with Gasteiger partial charge in [-0.15, -0.1) is 11.8 Å². The van der Waals surface area contributed by atoms with E-state index in [1.165, 1.54) is 10.5 Å². The van der Waals surface area contributed by atoms with E-state index in [4.69, 9.17) is 11.6 Å². The third-order valence-corrected chi connectivity index (χ3v) is 5.06. The average Bonchev–Trinajstić information content (AvgIpc) is 2.47. The summed E-state index contributed by atoms with van der Waals surface area (Å²) in [6.45, 7) is 3.13. The van der Waals surface area contributed by atoms with Gasteiger partial charge in [0.05, 0.1) is 0 Å². The van der Waals surface area contributed by atoms with Gasteiger partial charge in [-0.25, -0.2) is 0 Å². The van der Waals surface area contributed by atoms with E-state index in [0.717, 1.165) is 28.2 Å². The van der Waals surface area contributed by atoms with Crippen LogP contribution in [0.5, 0.6) is 0 Å². The molecule has 1 unspecified atom stereocenters. The van der Waals surface area contributed by atoms with Gasteiger partial charge < -0.3 is 5.32 Å². The van der Waals surface area contributed by atoms with Crippen molar-refractivity contribution in [2.24, 2.45) is 0 Å². The minimum absolute atomic E-state index is 0.458. The number of benzene rings is 2. The minimum Gasteiger partial charge on any atom is -0.313 e. The van der Waals surface area contributed by atoms with E-state index in [1.54, 1.807) is 0 Å². The van der Waals surface area contributed by atoms with Crippen molar-refractivity contribution < 1.29 is 0 Å². The lowest BCUT2D eigenvalue weighted by molar-refractivity contribution is 0.572. The number of nitrogens with one attached hydrogen (secondary N) is 1. The van der Waals surface area contributed by atoms with Crippen molar-refractivity contribution in [2.75, 3.05) is 12.3 Å². The van der Waals surface area contributed by atoms with Gasteiger partial charge in [-0.05, 0) is 48.9 Å². The smallest absolute Gasteiger partial charge is 0.0417 e. The van der Waals surface area contributed by atoms with Gasteiger partial charge in [-0.3, -0.25) is 0 Å². The first-order chi connectivity index (χ1) is 10.2. The quantitative estimate of drug-likeness (QED) is 0.640. The average molecular weight is 385 g/mol. The van der Waals surface area contributed by atoms with E-state index in [1.807, 2.05) is 30.0 Å². The van der Waals surface area contributed by atoms with Crippen molar-refractivity contribution in [1.29, 1.82) is 0 Å². The molecule has 0 heterocycles. The predicted octanol–water partition coefficient (Wildman–Crippen LogP) is 5.42. The molecule has 1 nitrogen and oxygen atoms in total. The fraction of sp³-hybridized carbons (Fsp3) is 0.294. The zero-order valence-corrected chi connectivity index (χ0v) is 15.1. The van der Waals surface area contributed by atoms with Crippen molar-refractivity contribution in [3.63, 3.8) is 0 Å². The Morgan fingerprint density at radius 1 is 1.19 bits per heavy atom. The molecule has 112 valence electrons. The number of hydrogen-bond acceptors (Lipinski definition) is 2. The largest absolute Gasteiger partial charge is 0.313 e. The fourth-order valence-electron chi connectivity index (χ4n) is 2.14. The Hall–Kier alpha value is -0.480. The lowest BCUT2D eigenvalue weighted by atomic mass is 10.1. The lowest BCUT2D eigenvalue weighted by Crippen LogP contribution is -2.33. The van der Waals surface area contributed by atoms with Crippen LogP contribution in [0.4, 0.5) is 0 Å². The monoisotopic (exact) mass is 383 g/mol. The molecule has 0 saturated heterocycles. The van der Waals surface area contributed by atoms with Crippen LogP contribution in [0.3, 0.4) is 0 Å². The minimum atomic E-state index is 0.458. The van der Waals surface area contributed by atoms with Gasteiger partial charge in [0.1, 0.15) is 0 Å². The summed E-state index contributed by atoms with van der Waals surface area (Å²) in [5.74, 6) is 1.03. The Balaban J connectivity index is 1.93. The van der Waals surface area contributed by atoms with Crippen LogP contribution >= 0.6 is 39.3 Å². The van der Waals surface area contributed by atoms with Gasteiger partial charge in [0.15, 0.2) is 0 Å². The van der Waals surface area contributed by atoms with Gasteiger partial charge in [0.2, 0.25) is 0 Å². The highest BCUT2D eigenvalue weighted by Gasteiger charge is 2.09. The first-order valence-corrected chi connectivity index (χ1v) is 9.19. The summed E-state index contributed by atoms with van der Waals surface area (Å²) in [6, 6.07) is 17.1. The van der Waals surface area contributed by atoms with Crippen LogP contribution in [0.25, 0.3) is 0 Å². The summed E-state index contributed by atoms with van der Waals surface area (Å²) >= 11 is 11.4. The van der Waals surface area contributed by atoms with E-state index in [9.17, 15) is 0 Å². The van der Waals surface area contributed by atoms with Crippen LogP contribution in [0.2, 0.25) is 5.02 Å². The molecular formula is C17H19BrClNS. The maximum atomic E-state index is 6.03. The molecule has 0 aliphatic carbocycles. The molecule has 0 fully saturated rings. The van der Waals surface area contributed by atoms with Crippen LogP contribution in [0.1, 0.15) is 12.5 Å². The van der Waals surface area contributed by atoms with E-state index < -0.39 is 0 Å². The molecule has 2 aromatic carbocycles. The second-order valence-electron chi connectivity index (χ2n) is 4.85. The highest BCUT2D eigenvalue weighted by molar-refractivity contribution is 9.10. The molecule has 0 bridgehead atoms. The van der Waals surface area contributed by atoms with E-state index >= 15 is 0 Å². The van der Waals surface area contributed by atoms with Crippen LogP contribution in [-0.2, 0) is 6.42 Å². The van der Waals surface area contributed by atoms with Crippen molar-refractivity contribution >= 4 is 39.3 Å². The van der Waals surface area contributed by atoms with Crippen molar-refractivity contribution in [3.05, 3.63) is 63.6 Å². The summed E-state index contributed by atoms with van der Waals surface area (Å²) in [5, 5.41) is 4.36. The van der Waals surface area contributed by atoms with E-state index in [-0.39, 0.29) is 0 Å². The molecule has 0 saturated carbocycles. The number of hydrogen-bond donors (Lipinski definition) is 1. The zero-order chi connectivity index (χ0) is 15.1. The summed E-state index contributed by atoms with van der Waals surface area (Å²) in [6.07, 6.45) is 1.04. The molecule has 2 aromatic rings. The first kappa shape index (κ1) is 16.9. The lowest BCUT2D eigenvalue weighted by Gasteiger charge is -2.18. The van der Waals surface area contributed by atoms with Gasteiger partial charge in [-0.2, -0.15) is 0 Å². The van der Waals surface area contributed by atoms with Crippen LogP contribution in [-0.4, -0.2) is 18.3 Å². The normalized spacial score (nSPS) is 12.3. The summed E-state index contributed by atoms with van der Waals surface area (Å²) in [4.78, 5) is 1.22. The van der Waals surface area contributed by atoms with Crippen LogP contribution in [0.15, 0.2) is 57.9 Å². The van der Waals surface area contributed by atoms with Crippen LogP contribution < -0.4 is 5.32 Å². The highest BCUT2D eigenvalue weighted by atomic mass is 79.9. The maximum Gasteiger partial charge on any atom is 0.0417 e. The third-order valence-electron chi connectivity index (χ3n) is 3.14. The molecule has 1 atom stereocenters. The summed E-state index contributed by atoms with van der Waals surface area (Å²) in [5.41, 5.74) is 1.36. The zero-order valence-electron chi connectivity index (χ0n) is 12.0. The Morgan fingerprint density at radius 3 is 2.62 bits per heavy atom. The number of halogens is 2. The molecule has 1 N–H and O–H groups in total. The molecule has 0 aliphatic rings. The molecule has 4 heteroatoms. The van der Waals surface area contributed by atoms with Gasteiger partial charge in [-0.1, -0.05) is 52.7 Å². The molecule has 2 rings (SSSR count). The predicted molar refractivity (Wildman–Crippen MR) is 97.5 cm³/mol. The van der Waals surface area contributed by atoms with Crippen LogP contribution in [0, 0.1) is 0 Å². The second kappa shape index (κ2) is 8.84. The Kier molecular flexibility index (Phi) is 7.11. The Morgan fingerprint density at radius 2 is 1.95 bits per heavy atom. The topological polar surface area (TPSA) is 12.0 Å². The van der Waals surface area contributed by atoms with Gasteiger partial charge >= 0.3 is 0 Å². The van der Waals surface area contributed by atoms with Crippen molar-refractivity contribution in [1.82, 2.24) is 5.32 Å². The van der Waals surface area contributed by atoms with E-state index in [2.05, 4.69) is 58.5 Å². The Bertz CT molecular complexity index is 559. The molecule has 0 spiro atoms. The highest BCUT2D eigenvalue weighted by Crippen LogP contribution is 2.23. The number of thioether (sulfide) groups is 1. The summed E-state index contributed by atoms with van der Waals surface area (Å²) < 4.78 is 1.12. The molecule has 0 amide bonds.